The normalized spacial score (nSPS) is 9.71. The van der Waals surface area contributed by atoms with Crippen LogP contribution in [0.1, 0.15) is 5.56 Å². The minimum Gasteiger partial charge on any atom is -0.497 e. The summed E-state index contributed by atoms with van der Waals surface area (Å²) in [7, 11) is 1.66. The fraction of sp³-hybridized carbons (Fsp3) is 0.0769. The smallest absolute Gasteiger partial charge is 0.119 e. The lowest BCUT2D eigenvalue weighted by Crippen LogP contribution is -1.84. The molecule has 0 aliphatic carbocycles. The topological polar surface area (TPSA) is 9.23 Å². The maximum atomic E-state index is 5.41. The van der Waals surface area contributed by atoms with Crippen LogP contribution in [0.3, 0.4) is 0 Å². The molecule has 1 nitrogen and oxygen atoms in total. The van der Waals surface area contributed by atoms with Gasteiger partial charge in [0, 0.05) is 5.56 Å². The SMILES string of the molecule is C#Cc1cccc2cc(OC)ccc12. The first kappa shape index (κ1) is 8.65. The van der Waals surface area contributed by atoms with Crippen LogP contribution in [0.25, 0.3) is 10.8 Å². The lowest BCUT2D eigenvalue weighted by molar-refractivity contribution is 0.415. The van der Waals surface area contributed by atoms with Gasteiger partial charge in [0.2, 0.25) is 0 Å². The molecule has 0 unspecified atom stereocenters. The highest BCUT2D eigenvalue weighted by Gasteiger charge is 1.99. The number of benzene rings is 2. The Morgan fingerprint density at radius 1 is 1.21 bits per heavy atom. The molecular formula is C13H10O. The van der Waals surface area contributed by atoms with E-state index >= 15 is 0 Å². The number of ether oxygens (including phenoxy) is 1. The maximum absolute atomic E-state index is 5.41. The van der Waals surface area contributed by atoms with E-state index in [2.05, 4.69) is 5.92 Å². The molecule has 0 aliphatic rings. The first-order valence-electron chi connectivity index (χ1n) is 4.38. The van der Waals surface area contributed by atoms with Crippen LogP contribution in [0, 0.1) is 12.3 Å². The van der Waals surface area contributed by atoms with Crippen LogP contribution in [0.15, 0.2) is 36.4 Å². The third-order valence-electron chi connectivity index (χ3n) is 2.24. The highest BCUT2D eigenvalue weighted by molar-refractivity contribution is 5.89. The molecule has 0 heterocycles. The number of rotatable bonds is 1. The summed E-state index contributed by atoms with van der Waals surface area (Å²) in [5.74, 6) is 3.52. The van der Waals surface area contributed by atoms with Gasteiger partial charge in [0.15, 0.2) is 0 Å². The highest BCUT2D eigenvalue weighted by atomic mass is 16.5. The van der Waals surface area contributed by atoms with Crippen molar-refractivity contribution in [2.75, 3.05) is 7.11 Å². The number of methoxy groups -OCH3 is 1. The first-order valence-corrected chi connectivity index (χ1v) is 4.38. The Balaban J connectivity index is 2.75. The van der Waals surface area contributed by atoms with Gasteiger partial charge in [-0.3, -0.25) is 0 Å². The predicted octanol–water partition coefficient (Wildman–Crippen LogP) is 2.83. The Morgan fingerprint density at radius 2 is 2.07 bits per heavy atom. The summed E-state index contributed by atoms with van der Waals surface area (Å²) in [6.07, 6.45) is 5.41. The molecule has 2 aromatic rings. The van der Waals surface area contributed by atoms with Crippen molar-refractivity contribution in [2.24, 2.45) is 0 Å². The molecule has 2 aromatic carbocycles. The number of terminal acetylenes is 1. The van der Waals surface area contributed by atoms with Crippen molar-refractivity contribution in [3.8, 4) is 18.1 Å². The average molecular weight is 182 g/mol. The van der Waals surface area contributed by atoms with E-state index in [4.69, 9.17) is 11.2 Å². The van der Waals surface area contributed by atoms with Crippen molar-refractivity contribution in [3.63, 3.8) is 0 Å². The molecule has 0 amide bonds. The van der Waals surface area contributed by atoms with Gasteiger partial charge >= 0.3 is 0 Å². The Bertz CT molecular complexity index is 506. The predicted molar refractivity (Wildman–Crippen MR) is 58.4 cm³/mol. The summed E-state index contributed by atoms with van der Waals surface area (Å²) in [6, 6.07) is 11.8. The van der Waals surface area contributed by atoms with E-state index in [1.54, 1.807) is 7.11 Å². The van der Waals surface area contributed by atoms with E-state index in [0.29, 0.717) is 0 Å². The lowest BCUT2D eigenvalue weighted by Gasteiger charge is -2.03. The number of hydrogen-bond donors (Lipinski definition) is 0. The minimum absolute atomic E-state index is 0.853. The molecule has 0 saturated carbocycles. The molecule has 0 atom stereocenters. The molecule has 0 aliphatic heterocycles. The zero-order chi connectivity index (χ0) is 9.97. The van der Waals surface area contributed by atoms with E-state index < -0.39 is 0 Å². The number of fused-ring (bicyclic) bond motifs is 1. The van der Waals surface area contributed by atoms with Gasteiger partial charge in [-0.05, 0) is 35.0 Å². The Hall–Kier alpha value is -1.94. The molecule has 1 heteroatoms. The van der Waals surface area contributed by atoms with Crippen LogP contribution in [0.2, 0.25) is 0 Å². The Labute approximate surface area is 83.3 Å². The van der Waals surface area contributed by atoms with E-state index in [1.165, 1.54) is 0 Å². The van der Waals surface area contributed by atoms with Crippen LogP contribution < -0.4 is 4.74 Å². The lowest BCUT2D eigenvalue weighted by atomic mass is 10.1. The van der Waals surface area contributed by atoms with E-state index in [9.17, 15) is 0 Å². The van der Waals surface area contributed by atoms with Crippen molar-refractivity contribution in [1.82, 2.24) is 0 Å². The largest absolute Gasteiger partial charge is 0.497 e. The molecule has 0 spiro atoms. The average Bonchev–Trinajstić information content (AvgIpc) is 2.27. The van der Waals surface area contributed by atoms with Gasteiger partial charge in [0.05, 0.1) is 7.11 Å². The van der Waals surface area contributed by atoms with Crippen LogP contribution in [0.4, 0.5) is 0 Å². The van der Waals surface area contributed by atoms with Gasteiger partial charge < -0.3 is 4.74 Å². The van der Waals surface area contributed by atoms with Gasteiger partial charge in [-0.25, -0.2) is 0 Å². The zero-order valence-corrected chi connectivity index (χ0v) is 7.95. The van der Waals surface area contributed by atoms with Crippen LogP contribution in [-0.2, 0) is 0 Å². The van der Waals surface area contributed by atoms with Crippen molar-refractivity contribution in [3.05, 3.63) is 42.0 Å². The molecular weight excluding hydrogens is 172 g/mol. The van der Waals surface area contributed by atoms with Crippen LogP contribution in [-0.4, -0.2) is 7.11 Å². The van der Waals surface area contributed by atoms with Gasteiger partial charge in [-0.2, -0.15) is 0 Å². The molecule has 0 saturated heterocycles. The third kappa shape index (κ3) is 1.31. The second kappa shape index (κ2) is 3.43. The minimum atomic E-state index is 0.853. The van der Waals surface area contributed by atoms with E-state index in [0.717, 1.165) is 22.1 Å². The molecule has 0 N–H and O–H groups in total. The van der Waals surface area contributed by atoms with Crippen molar-refractivity contribution in [1.29, 1.82) is 0 Å². The quantitative estimate of drug-likeness (QED) is 0.616. The van der Waals surface area contributed by atoms with Crippen LogP contribution in [0.5, 0.6) is 5.75 Å². The van der Waals surface area contributed by atoms with E-state index in [-0.39, 0.29) is 0 Å². The molecule has 0 bridgehead atoms. The second-order valence-corrected chi connectivity index (χ2v) is 3.04. The summed E-state index contributed by atoms with van der Waals surface area (Å²) >= 11 is 0. The van der Waals surface area contributed by atoms with Crippen LogP contribution >= 0.6 is 0 Å². The summed E-state index contributed by atoms with van der Waals surface area (Å²) < 4.78 is 5.14. The second-order valence-electron chi connectivity index (χ2n) is 3.04. The highest BCUT2D eigenvalue weighted by Crippen LogP contribution is 2.22. The third-order valence-corrected chi connectivity index (χ3v) is 2.24. The Kier molecular flexibility index (Phi) is 2.12. The summed E-state index contributed by atoms with van der Waals surface area (Å²) in [6.45, 7) is 0. The summed E-state index contributed by atoms with van der Waals surface area (Å²) in [5, 5.41) is 2.20. The van der Waals surface area contributed by atoms with Gasteiger partial charge in [-0.15, -0.1) is 6.42 Å². The zero-order valence-electron chi connectivity index (χ0n) is 7.95. The van der Waals surface area contributed by atoms with Crippen molar-refractivity contribution in [2.45, 2.75) is 0 Å². The molecule has 0 fully saturated rings. The van der Waals surface area contributed by atoms with E-state index in [1.807, 2.05) is 36.4 Å². The van der Waals surface area contributed by atoms with Gasteiger partial charge in [0.25, 0.3) is 0 Å². The maximum Gasteiger partial charge on any atom is 0.119 e. The Morgan fingerprint density at radius 3 is 2.79 bits per heavy atom. The van der Waals surface area contributed by atoms with Gasteiger partial charge in [-0.1, -0.05) is 18.1 Å². The van der Waals surface area contributed by atoms with Crippen molar-refractivity contribution >= 4 is 10.8 Å². The standard InChI is InChI=1S/C13H10O/c1-3-10-5-4-6-11-9-12(14-2)7-8-13(10)11/h1,4-9H,2H3. The molecule has 68 valence electrons. The fourth-order valence-electron chi connectivity index (χ4n) is 1.51. The number of hydrogen-bond acceptors (Lipinski definition) is 1. The molecule has 2 rings (SSSR count). The summed E-state index contributed by atoms with van der Waals surface area (Å²) in [5.41, 5.74) is 0.921. The monoisotopic (exact) mass is 182 g/mol. The van der Waals surface area contributed by atoms with Crippen molar-refractivity contribution < 1.29 is 4.74 Å². The first-order chi connectivity index (χ1) is 6.85. The molecule has 0 radical (unpaired) electrons. The molecule has 14 heavy (non-hydrogen) atoms. The fourth-order valence-corrected chi connectivity index (χ4v) is 1.51. The molecule has 0 aromatic heterocycles. The van der Waals surface area contributed by atoms with Gasteiger partial charge in [0.1, 0.15) is 5.75 Å². The summed E-state index contributed by atoms with van der Waals surface area (Å²) in [4.78, 5) is 0.